The number of nitrogens with one attached hydrogen (secondary N) is 1. The van der Waals surface area contributed by atoms with Gasteiger partial charge >= 0.3 is 5.69 Å². The monoisotopic (exact) mass is 288 g/mol. The number of likely N-dealkylation sites (N-methyl/N-ethyl adjacent to an activating group) is 1. The maximum absolute atomic E-state index is 12.0. The number of nitrogens with zero attached hydrogens (tertiary/aromatic N) is 2. The van der Waals surface area contributed by atoms with Crippen LogP contribution in [-0.2, 0) is 6.54 Å². The average Bonchev–Trinajstić information content (AvgIpc) is 3.25. The van der Waals surface area contributed by atoms with Crippen LogP contribution >= 0.6 is 0 Å². The Kier molecular flexibility index (Phi) is 4.12. The van der Waals surface area contributed by atoms with Gasteiger partial charge in [-0.25, -0.2) is 4.79 Å². The van der Waals surface area contributed by atoms with Crippen LogP contribution in [-0.4, -0.2) is 40.6 Å². The number of aryl methyl sites for hydroxylation is 1. The minimum Gasteiger partial charge on any atom is -0.329 e. The quantitative estimate of drug-likeness (QED) is 0.809. The third-order valence-electron chi connectivity index (χ3n) is 4.55. The van der Waals surface area contributed by atoms with Crippen LogP contribution in [0.4, 0.5) is 0 Å². The zero-order chi connectivity index (χ0) is 14.8. The van der Waals surface area contributed by atoms with Crippen molar-refractivity contribution in [3.05, 3.63) is 34.7 Å². The van der Waals surface area contributed by atoms with E-state index in [1.54, 1.807) is 0 Å². The van der Waals surface area contributed by atoms with E-state index in [1.807, 2.05) is 28.8 Å². The van der Waals surface area contributed by atoms with Crippen molar-refractivity contribution in [3.63, 3.8) is 0 Å². The van der Waals surface area contributed by atoms with Gasteiger partial charge in [0.1, 0.15) is 0 Å². The summed E-state index contributed by atoms with van der Waals surface area (Å²) in [7, 11) is 2.15. The van der Waals surface area contributed by atoms with Crippen molar-refractivity contribution in [2.24, 2.45) is 11.7 Å². The minimum atomic E-state index is -0.0172. The number of aromatic nitrogens is 2. The van der Waals surface area contributed by atoms with E-state index in [1.165, 1.54) is 12.8 Å². The summed E-state index contributed by atoms with van der Waals surface area (Å²) < 4.78 is 1.83. The molecule has 1 saturated carbocycles. The van der Waals surface area contributed by atoms with E-state index >= 15 is 0 Å². The Balaban J connectivity index is 1.61. The SMILES string of the molecule is CN(CCCn1c(=O)[nH]c2ccccc21)C(CN)C1CC1. The molecular formula is C16H24N4O. The number of hydrogen-bond acceptors (Lipinski definition) is 3. The molecule has 3 rings (SSSR count). The summed E-state index contributed by atoms with van der Waals surface area (Å²) in [6, 6.07) is 8.35. The van der Waals surface area contributed by atoms with E-state index in [-0.39, 0.29) is 5.69 Å². The van der Waals surface area contributed by atoms with Gasteiger partial charge in [0.2, 0.25) is 0 Å². The smallest absolute Gasteiger partial charge is 0.326 e. The Morgan fingerprint density at radius 2 is 2.19 bits per heavy atom. The molecule has 1 aromatic carbocycles. The zero-order valence-electron chi connectivity index (χ0n) is 12.6. The molecule has 1 aliphatic rings. The van der Waals surface area contributed by atoms with Crippen LogP contribution in [0.1, 0.15) is 19.3 Å². The third kappa shape index (κ3) is 3.04. The third-order valence-corrected chi connectivity index (χ3v) is 4.55. The van der Waals surface area contributed by atoms with Gasteiger partial charge in [-0.2, -0.15) is 0 Å². The van der Waals surface area contributed by atoms with Gasteiger partial charge in [0, 0.05) is 19.1 Å². The predicted molar refractivity (Wildman–Crippen MR) is 85.4 cm³/mol. The molecule has 0 bridgehead atoms. The molecule has 2 aromatic rings. The maximum atomic E-state index is 12.0. The fourth-order valence-corrected chi connectivity index (χ4v) is 3.19. The highest BCUT2D eigenvalue weighted by Gasteiger charge is 2.32. The molecular weight excluding hydrogens is 264 g/mol. The van der Waals surface area contributed by atoms with Crippen LogP contribution in [0.15, 0.2) is 29.1 Å². The molecule has 1 aromatic heterocycles. The number of aromatic amines is 1. The molecule has 0 spiro atoms. The first kappa shape index (κ1) is 14.4. The number of benzene rings is 1. The molecule has 1 heterocycles. The fraction of sp³-hybridized carbons (Fsp3) is 0.562. The number of H-pyrrole nitrogens is 1. The lowest BCUT2D eigenvalue weighted by atomic mass is 10.1. The standard InChI is InChI=1S/C16H24N4O/c1-19(15(11-17)12-7-8-12)9-4-10-20-14-6-3-2-5-13(14)18-16(20)21/h2-3,5-6,12,15H,4,7-11,17H2,1H3,(H,18,21). The van der Waals surface area contributed by atoms with Gasteiger partial charge in [0.25, 0.3) is 0 Å². The van der Waals surface area contributed by atoms with Gasteiger partial charge in [-0.1, -0.05) is 12.1 Å². The van der Waals surface area contributed by atoms with Crippen LogP contribution in [0.2, 0.25) is 0 Å². The van der Waals surface area contributed by atoms with Crippen molar-refractivity contribution in [1.82, 2.24) is 14.5 Å². The topological polar surface area (TPSA) is 67.0 Å². The summed E-state index contributed by atoms with van der Waals surface area (Å²) in [5, 5.41) is 0. The highest BCUT2D eigenvalue weighted by atomic mass is 16.1. The van der Waals surface area contributed by atoms with E-state index in [2.05, 4.69) is 16.9 Å². The normalized spacial score (nSPS) is 16.7. The zero-order valence-corrected chi connectivity index (χ0v) is 12.6. The highest BCUT2D eigenvalue weighted by molar-refractivity contribution is 5.74. The number of nitrogens with two attached hydrogens (primary N) is 1. The Morgan fingerprint density at radius 1 is 1.43 bits per heavy atom. The lowest BCUT2D eigenvalue weighted by molar-refractivity contribution is 0.218. The van der Waals surface area contributed by atoms with Crippen LogP contribution in [0.25, 0.3) is 11.0 Å². The molecule has 0 aliphatic heterocycles. The van der Waals surface area contributed by atoms with E-state index in [0.717, 1.165) is 43.0 Å². The van der Waals surface area contributed by atoms with Crippen LogP contribution in [0.3, 0.4) is 0 Å². The molecule has 21 heavy (non-hydrogen) atoms. The maximum Gasteiger partial charge on any atom is 0.326 e. The Hall–Kier alpha value is -1.59. The number of rotatable bonds is 7. The van der Waals surface area contributed by atoms with E-state index in [9.17, 15) is 4.79 Å². The Bertz CT molecular complexity index is 656. The molecule has 1 atom stereocenters. The summed E-state index contributed by atoms with van der Waals surface area (Å²) in [6.07, 6.45) is 3.59. The van der Waals surface area contributed by atoms with Crippen molar-refractivity contribution in [2.75, 3.05) is 20.1 Å². The Labute approximate surface area is 124 Å². The van der Waals surface area contributed by atoms with E-state index < -0.39 is 0 Å². The molecule has 5 nitrogen and oxygen atoms in total. The second kappa shape index (κ2) is 6.03. The number of fused-ring (bicyclic) bond motifs is 1. The number of hydrogen-bond donors (Lipinski definition) is 2. The first-order valence-electron chi connectivity index (χ1n) is 7.78. The number of para-hydroxylation sites is 2. The van der Waals surface area contributed by atoms with Gasteiger partial charge in [-0.15, -0.1) is 0 Å². The first-order valence-corrected chi connectivity index (χ1v) is 7.78. The second-order valence-electron chi connectivity index (χ2n) is 6.07. The minimum absolute atomic E-state index is 0.0172. The van der Waals surface area contributed by atoms with Crippen molar-refractivity contribution in [2.45, 2.75) is 31.8 Å². The lowest BCUT2D eigenvalue weighted by Gasteiger charge is -2.26. The molecule has 0 saturated heterocycles. The van der Waals surface area contributed by atoms with Crippen molar-refractivity contribution in [1.29, 1.82) is 0 Å². The summed E-state index contributed by atoms with van der Waals surface area (Å²) in [6.45, 7) is 2.45. The van der Waals surface area contributed by atoms with Gasteiger partial charge in [-0.05, 0) is 50.9 Å². The van der Waals surface area contributed by atoms with Gasteiger partial charge < -0.3 is 15.6 Å². The molecule has 1 unspecified atom stereocenters. The summed E-state index contributed by atoms with van der Waals surface area (Å²) in [5.74, 6) is 0.788. The molecule has 114 valence electrons. The Morgan fingerprint density at radius 3 is 2.90 bits per heavy atom. The van der Waals surface area contributed by atoms with E-state index in [0.29, 0.717) is 6.04 Å². The van der Waals surface area contributed by atoms with E-state index in [4.69, 9.17) is 5.73 Å². The largest absolute Gasteiger partial charge is 0.329 e. The van der Waals surface area contributed by atoms with Crippen LogP contribution in [0, 0.1) is 5.92 Å². The summed E-state index contributed by atoms with van der Waals surface area (Å²) in [5.41, 5.74) is 7.76. The fourth-order valence-electron chi connectivity index (χ4n) is 3.19. The van der Waals surface area contributed by atoms with Gasteiger partial charge in [-0.3, -0.25) is 4.57 Å². The molecule has 5 heteroatoms. The number of imidazole rings is 1. The van der Waals surface area contributed by atoms with Crippen molar-refractivity contribution < 1.29 is 0 Å². The summed E-state index contributed by atoms with van der Waals surface area (Å²) >= 11 is 0. The molecule has 0 amide bonds. The second-order valence-corrected chi connectivity index (χ2v) is 6.07. The lowest BCUT2D eigenvalue weighted by Crippen LogP contribution is -2.40. The van der Waals surface area contributed by atoms with Crippen molar-refractivity contribution >= 4 is 11.0 Å². The highest BCUT2D eigenvalue weighted by Crippen LogP contribution is 2.34. The molecule has 1 fully saturated rings. The van der Waals surface area contributed by atoms with Gasteiger partial charge in [0.15, 0.2) is 0 Å². The molecule has 0 radical (unpaired) electrons. The summed E-state index contributed by atoms with van der Waals surface area (Å²) in [4.78, 5) is 17.3. The molecule has 3 N–H and O–H groups in total. The van der Waals surface area contributed by atoms with Gasteiger partial charge in [0.05, 0.1) is 11.0 Å². The average molecular weight is 288 g/mol. The predicted octanol–water partition coefficient (Wildman–Crippen LogP) is 1.39. The van der Waals surface area contributed by atoms with Crippen LogP contribution in [0.5, 0.6) is 0 Å². The molecule has 1 aliphatic carbocycles. The van der Waals surface area contributed by atoms with Crippen LogP contribution < -0.4 is 11.4 Å². The van der Waals surface area contributed by atoms with Crippen molar-refractivity contribution in [3.8, 4) is 0 Å². The first-order chi connectivity index (χ1) is 10.2.